The number of piperidine rings is 1. The molecule has 0 spiro atoms. The number of ether oxygens (including phenoxy) is 1. The number of aromatic nitrogens is 2. The summed E-state index contributed by atoms with van der Waals surface area (Å²) in [6, 6.07) is 11.0. The molecule has 0 aliphatic carbocycles. The molecule has 2 aromatic rings. The molecule has 6 heteroatoms. The van der Waals surface area contributed by atoms with Crippen LogP contribution in [0.1, 0.15) is 35.9 Å². The van der Waals surface area contributed by atoms with Gasteiger partial charge in [0.1, 0.15) is 0 Å². The molecule has 1 saturated heterocycles. The van der Waals surface area contributed by atoms with E-state index in [9.17, 15) is 9.59 Å². The SMILES string of the molecule is CCO[C@@H]1CCCN(C(=O)c2nn(-c3ccccc3)c(C)cc2=O)C1. The van der Waals surface area contributed by atoms with Gasteiger partial charge >= 0.3 is 0 Å². The predicted molar refractivity (Wildman–Crippen MR) is 95.1 cm³/mol. The maximum atomic E-state index is 12.9. The van der Waals surface area contributed by atoms with Crippen molar-refractivity contribution in [3.63, 3.8) is 0 Å². The standard InChI is InChI=1S/C19H23N3O3/c1-3-25-16-10-7-11-21(13-16)19(24)18-17(23)12-14(2)22(20-18)15-8-5-4-6-9-15/h4-6,8-9,12,16H,3,7,10-11,13H2,1-2H3/t16-/m1/s1. The molecule has 0 unspecified atom stereocenters. The zero-order valence-electron chi connectivity index (χ0n) is 14.6. The van der Waals surface area contributed by atoms with Crippen molar-refractivity contribution < 1.29 is 9.53 Å². The van der Waals surface area contributed by atoms with Gasteiger partial charge in [0.05, 0.1) is 11.8 Å². The zero-order valence-corrected chi connectivity index (χ0v) is 14.6. The third-order valence-corrected chi connectivity index (χ3v) is 4.38. The highest BCUT2D eigenvalue weighted by Gasteiger charge is 2.27. The highest BCUT2D eigenvalue weighted by atomic mass is 16.5. The van der Waals surface area contributed by atoms with Crippen molar-refractivity contribution in [3.8, 4) is 5.69 Å². The van der Waals surface area contributed by atoms with Crippen LogP contribution in [0.5, 0.6) is 0 Å². The zero-order chi connectivity index (χ0) is 17.8. The van der Waals surface area contributed by atoms with E-state index in [1.807, 2.05) is 44.2 Å². The lowest BCUT2D eigenvalue weighted by Crippen LogP contribution is -2.45. The number of rotatable bonds is 4. The minimum absolute atomic E-state index is 0.0319. The molecule has 1 atom stereocenters. The Labute approximate surface area is 147 Å². The fourth-order valence-corrected chi connectivity index (χ4v) is 3.17. The number of hydrogen-bond donors (Lipinski definition) is 0. The molecule has 132 valence electrons. The number of carbonyl (C=O) groups is 1. The van der Waals surface area contributed by atoms with Crippen molar-refractivity contribution in [2.45, 2.75) is 32.8 Å². The summed E-state index contributed by atoms with van der Waals surface area (Å²) in [5, 5.41) is 4.36. The van der Waals surface area contributed by atoms with Crippen molar-refractivity contribution in [2.75, 3.05) is 19.7 Å². The minimum Gasteiger partial charge on any atom is -0.377 e. The summed E-state index contributed by atoms with van der Waals surface area (Å²) in [7, 11) is 0. The van der Waals surface area contributed by atoms with E-state index in [1.54, 1.807) is 9.58 Å². The third-order valence-electron chi connectivity index (χ3n) is 4.38. The Kier molecular flexibility index (Phi) is 5.28. The quantitative estimate of drug-likeness (QED) is 0.855. The monoisotopic (exact) mass is 341 g/mol. The average molecular weight is 341 g/mol. The smallest absolute Gasteiger partial charge is 0.278 e. The molecule has 0 saturated carbocycles. The first-order chi connectivity index (χ1) is 12.1. The number of benzene rings is 1. The number of aryl methyl sites for hydroxylation is 1. The second kappa shape index (κ2) is 7.61. The Morgan fingerprint density at radius 2 is 2.08 bits per heavy atom. The number of nitrogens with zero attached hydrogens (tertiary/aromatic N) is 3. The Morgan fingerprint density at radius 3 is 2.80 bits per heavy atom. The summed E-state index contributed by atoms with van der Waals surface area (Å²) in [4.78, 5) is 26.9. The van der Waals surface area contributed by atoms with Gasteiger partial charge in [0.2, 0.25) is 5.43 Å². The Morgan fingerprint density at radius 1 is 1.32 bits per heavy atom. The molecular formula is C19H23N3O3. The first-order valence-corrected chi connectivity index (χ1v) is 8.67. The molecule has 0 N–H and O–H groups in total. The van der Waals surface area contributed by atoms with Crippen molar-refractivity contribution >= 4 is 5.91 Å². The lowest BCUT2D eigenvalue weighted by molar-refractivity contribution is 0.00691. The van der Waals surface area contributed by atoms with Crippen LogP contribution in [0.2, 0.25) is 0 Å². The number of likely N-dealkylation sites (tertiary alicyclic amines) is 1. The Hall–Kier alpha value is -2.47. The van der Waals surface area contributed by atoms with E-state index in [2.05, 4.69) is 5.10 Å². The Balaban J connectivity index is 1.91. The van der Waals surface area contributed by atoms with Gasteiger partial charge in [0.25, 0.3) is 5.91 Å². The lowest BCUT2D eigenvalue weighted by Gasteiger charge is -2.32. The highest BCUT2D eigenvalue weighted by Crippen LogP contribution is 2.15. The molecule has 1 aliphatic rings. The number of hydrogen-bond acceptors (Lipinski definition) is 4. The van der Waals surface area contributed by atoms with Gasteiger partial charge in [-0.05, 0) is 38.8 Å². The minimum atomic E-state index is -0.340. The van der Waals surface area contributed by atoms with Crippen LogP contribution < -0.4 is 5.43 Å². The van der Waals surface area contributed by atoms with Gasteiger partial charge in [-0.3, -0.25) is 9.59 Å². The maximum Gasteiger partial charge on any atom is 0.278 e. The summed E-state index contributed by atoms with van der Waals surface area (Å²) >= 11 is 0. The fourth-order valence-electron chi connectivity index (χ4n) is 3.17. The van der Waals surface area contributed by atoms with Crippen molar-refractivity contribution in [2.24, 2.45) is 0 Å². The van der Waals surface area contributed by atoms with Crippen LogP contribution in [-0.4, -0.2) is 46.4 Å². The number of para-hydroxylation sites is 1. The second-order valence-electron chi connectivity index (χ2n) is 6.22. The van der Waals surface area contributed by atoms with Gasteiger partial charge in [0, 0.05) is 31.5 Å². The molecular weight excluding hydrogens is 318 g/mol. The van der Waals surface area contributed by atoms with Gasteiger partial charge in [-0.1, -0.05) is 18.2 Å². The van der Waals surface area contributed by atoms with Crippen molar-refractivity contribution in [1.29, 1.82) is 0 Å². The highest BCUT2D eigenvalue weighted by molar-refractivity contribution is 5.92. The van der Waals surface area contributed by atoms with E-state index in [-0.39, 0.29) is 23.1 Å². The van der Waals surface area contributed by atoms with Gasteiger partial charge in [-0.25, -0.2) is 4.68 Å². The van der Waals surface area contributed by atoms with Crippen LogP contribution in [0.25, 0.3) is 5.69 Å². The molecule has 0 bridgehead atoms. The van der Waals surface area contributed by atoms with Gasteiger partial charge in [0.15, 0.2) is 5.69 Å². The molecule has 3 rings (SSSR count). The molecule has 6 nitrogen and oxygen atoms in total. The summed E-state index contributed by atoms with van der Waals surface area (Å²) in [6.07, 6.45) is 1.84. The summed E-state index contributed by atoms with van der Waals surface area (Å²) in [5.41, 5.74) is 1.14. The van der Waals surface area contributed by atoms with Gasteiger partial charge in [-0.15, -0.1) is 0 Å². The van der Waals surface area contributed by atoms with E-state index in [1.165, 1.54) is 6.07 Å². The molecule has 1 aliphatic heterocycles. The number of carbonyl (C=O) groups excluding carboxylic acids is 1. The summed E-state index contributed by atoms with van der Waals surface area (Å²) in [5.74, 6) is -0.320. The predicted octanol–water partition coefficient (Wildman–Crippen LogP) is 2.18. The van der Waals surface area contributed by atoms with E-state index < -0.39 is 0 Å². The van der Waals surface area contributed by atoms with Crippen LogP contribution in [-0.2, 0) is 4.74 Å². The van der Waals surface area contributed by atoms with E-state index in [0.717, 1.165) is 18.5 Å². The molecule has 1 aromatic carbocycles. The molecule has 1 amide bonds. The van der Waals surface area contributed by atoms with E-state index >= 15 is 0 Å². The molecule has 25 heavy (non-hydrogen) atoms. The van der Waals surface area contributed by atoms with Crippen LogP contribution >= 0.6 is 0 Å². The molecule has 1 aromatic heterocycles. The second-order valence-corrected chi connectivity index (χ2v) is 6.22. The summed E-state index contributed by atoms with van der Waals surface area (Å²) < 4.78 is 7.28. The largest absolute Gasteiger partial charge is 0.377 e. The number of amides is 1. The average Bonchev–Trinajstić information content (AvgIpc) is 2.62. The van der Waals surface area contributed by atoms with Crippen molar-refractivity contribution in [1.82, 2.24) is 14.7 Å². The normalized spacial score (nSPS) is 17.5. The fraction of sp³-hybridized carbons (Fsp3) is 0.421. The van der Waals surface area contributed by atoms with Gasteiger partial charge in [-0.2, -0.15) is 5.10 Å². The topological polar surface area (TPSA) is 64.4 Å². The van der Waals surface area contributed by atoms with Crippen LogP contribution in [0.4, 0.5) is 0 Å². The van der Waals surface area contributed by atoms with Crippen LogP contribution in [0, 0.1) is 6.92 Å². The van der Waals surface area contributed by atoms with Crippen LogP contribution in [0.3, 0.4) is 0 Å². The summed E-state index contributed by atoms with van der Waals surface area (Å²) in [6.45, 7) is 5.51. The maximum absolute atomic E-state index is 12.9. The molecule has 1 fully saturated rings. The van der Waals surface area contributed by atoms with Gasteiger partial charge < -0.3 is 9.64 Å². The third kappa shape index (κ3) is 3.79. The van der Waals surface area contributed by atoms with Crippen molar-refractivity contribution in [3.05, 3.63) is 58.0 Å². The first-order valence-electron chi connectivity index (χ1n) is 8.67. The molecule has 2 heterocycles. The van der Waals surface area contributed by atoms with Crippen LogP contribution in [0.15, 0.2) is 41.2 Å². The van der Waals surface area contributed by atoms with E-state index in [0.29, 0.717) is 25.4 Å². The molecule has 0 radical (unpaired) electrons. The lowest BCUT2D eigenvalue weighted by atomic mass is 10.1. The first kappa shape index (κ1) is 17.4. The Bertz CT molecular complexity index is 799. The van der Waals surface area contributed by atoms with E-state index in [4.69, 9.17) is 4.74 Å².